The van der Waals surface area contributed by atoms with E-state index in [9.17, 15) is 18.0 Å². The van der Waals surface area contributed by atoms with Crippen molar-refractivity contribution < 1.29 is 22.7 Å². The SMILES string of the molecule is CCOC(=O)c1cccc(NC(=O)C(CC)Sc2nnc(CS(=O)(=O)c3ccccc3)n2CC)c1. The summed E-state index contributed by atoms with van der Waals surface area (Å²) in [5.41, 5.74) is 0.826. The van der Waals surface area contributed by atoms with Gasteiger partial charge < -0.3 is 14.6 Å². The van der Waals surface area contributed by atoms with Crippen LogP contribution in [-0.4, -0.2) is 46.9 Å². The number of esters is 1. The minimum atomic E-state index is -3.59. The van der Waals surface area contributed by atoms with Gasteiger partial charge in [0, 0.05) is 12.2 Å². The van der Waals surface area contributed by atoms with Crippen molar-refractivity contribution in [2.24, 2.45) is 0 Å². The molecule has 1 unspecified atom stereocenters. The molecule has 0 saturated heterocycles. The summed E-state index contributed by atoms with van der Waals surface area (Å²) >= 11 is 1.22. The number of thioether (sulfide) groups is 1. The molecule has 1 atom stereocenters. The molecule has 0 fully saturated rings. The van der Waals surface area contributed by atoms with Crippen molar-refractivity contribution in [3.63, 3.8) is 0 Å². The minimum absolute atomic E-state index is 0.218. The van der Waals surface area contributed by atoms with Crippen molar-refractivity contribution in [3.05, 3.63) is 66.0 Å². The molecule has 35 heavy (non-hydrogen) atoms. The molecule has 0 saturated carbocycles. The lowest BCUT2D eigenvalue weighted by Gasteiger charge is -2.15. The fourth-order valence-electron chi connectivity index (χ4n) is 3.32. The number of hydrogen-bond donors (Lipinski definition) is 1. The van der Waals surface area contributed by atoms with Gasteiger partial charge in [0.1, 0.15) is 11.6 Å². The highest BCUT2D eigenvalue weighted by atomic mass is 32.2. The van der Waals surface area contributed by atoms with Gasteiger partial charge in [-0.1, -0.05) is 43.0 Å². The number of amides is 1. The predicted molar refractivity (Wildman–Crippen MR) is 134 cm³/mol. The zero-order chi connectivity index (χ0) is 25.4. The Morgan fingerprint density at radius 1 is 1.06 bits per heavy atom. The average Bonchev–Trinajstić information content (AvgIpc) is 3.23. The number of anilines is 1. The Morgan fingerprint density at radius 2 is 1.80 bits per heavy atom. The van der Waals surface area contributed by atoms with Crippen molar-refractivity contribution in [1.29, 1.82) is 0 Å². The molecule has 0 bridgehead atoms. The molecule has 2 aromatic carbocycles. The lowest BCUT2D eigenvalue weighted by atomic mass is 10.2. The van der Waals surface area contributed by atoms with E-state index in [1.54, 1.807) is 66.1 Å². The molecule has 9 nitrogen and oxygen atoms in total. The highest BCUT2D eigenvalue weighted by Crippen LogP contribution is 2.27. The molecular formula is C24H28N4O5S2. The van der Waals surface area contributed by atoms with Crippen LogP contribution < -0.4 is 5.32 Å². The molecule has 0 aliphatic heterocycles. The molecule has 11 heteroatoms. The van der Waals surface area contributed by atoms with Gasteiger partial charge in [-0.05, 0) is 50.6 Å². The number of nitrogens with one attached hydrogen (secondary N) is 1. The van der Waals surface area contributed by atoms with E-state index in [0.717, 1.165) is 0 Å². The van der Waals surface area contributed by atoms with Crippen molar-refractivity contribution in [3.8, 4) is 0 Å². The average molecular weight is 517 g/mol. The molecule has 0 spiro atoms. The van der Waals surface area contributed by atoms with Gasteiger partial charge in [-0.3, -0.25) is 4.79 Å². The summed E-state index contributed by atoms with van der Waals surface area (Å²) in [5, 5.41) is 11.1. The van der Waals surface area contributed by atoms with Gasteiger partial charge in [0.15, 0.2) is 15.0 Å². The highest BCUT2D eigenvalue weighted by molar-refractivity contribution is 8.00. The molecule has 0 radical (unpaired) electrons. The maximum atomic E-state index is 13.0. The van der Waals surface area contributed by atoms with E-state index in [4.69, 9.17) is 4.74 Å². The molecule has 3 rings (SSSR count). The maximum Gasteiger partial charge on any atom is 0.338 e. The van der Waals surface area contributed by atoms with Crippen molar-refractivity contribution in [1.82, 2.24) is 14.8 Å². The van der Waals surface area contributed by atoms with Crippen molar-refractivity contribution in [2.75, 3.05) is 11.9 Å². The monoisotopic (exact) mass is 516 g/mol. The van der Waals surface area contributed by atoms with Crippen LogP contribution in [0, 0.1) is 0 Å². The van der Waals surface area contributed by atoms with Crippen LogP contribution in [0.1, 0.15) is 43.4 Å². The molecule has 1 heterocycles. The highest BCUT2D eigenvalue weighted by Gasteiger charge is 2.25. The summed E-state index contributed by atoms with van der Waals surface area (Å²) in [7, 11) is -3.59. The van der Waals surface area contributed by atoms with Gasteiger partial charge in [0.2, 0.25) is 5.91 Å². The van der Waals surface area contributed by atoms with Gasteiger partial charge in [0.05, 0.1) is 22.3 Å². The van der Waals surface area contributed by atoms with E-state index >= 15 is 0 Å². The standard InChI is InChI=1S/C24H28N4O5S2/c1-4-20(22(29)25-18-12-10-11-17(15-18)23(30)33-6-3)34-24-27-26-21(28(24)5-2)16-35(31,32)19-13-8-7-9-14-19/h7-15,20H,4-6,16H2,1-3H3,(H,25,29). The zero-order valence-corrected chi connectivity index (χ0v) is 21.4. The first-order chi connectivity index (χ1) is 16.8. The summed E-state index contributed by atoms with van der Waals surface area (Å²) in [5.74, 6) is -0.694. The Balaban J connectivity index is 1.74. The molecule has 3 aromatic rings. The first-order valence-corrected chi connectivity index (χ1v) is 13.8. The van der Waals surface area contributed by atoms with Crippen LogP contribution in [0.4, 0.5) is 5.69 Å². The Kier molecular flexibility index (Phi) is 9.05. The number of rotatable bonds is 11. The second-order valence-electron chi connectivity index (χ2n) is 7.52. The fraction of sp³-hybridized carbons (Fsp3) is 0.333. The molecule has 0 aliphatic carbocycles. The first-order valence-electron chi connectivity index (χ1n) is 11.2. The van der Waals surface area contributed by atoms with E-state index in [1.165, 1.54) is 11.8 Å². The number of ether oxygens (including phenoxy) is 1. The van der Waals surface area contributed by atoms with Crippen LogP contribution in [0.3, 0.4) is 0 Å². The first kappa shape index (κ1) is 26.4. The number of sulfone groups is 1. The third-order valence-electron chi connectivity index (χ3n) is 5.08. The third kappa shape index (κ3) is 6.70. The lowest BCUT2D eigenvalue weighted by molar-refractivity contribution is -0.115. The fourth-order valence-corrected chi connectivity index (χ4v) is 5.65. The van der Waals surface area contributed by atoms with Gasteiger partial charge in [0.25, 0.3) is 0 Å². The zero-order valence-electron chi connectivity index (χ0n) is 19.8. The normalized spacial score (nSPS) is 12.2. The van der Waals surface area contributed by atoms with E-state index in [1.807, 2.05) is 13.8 Å². The van der Waals surface area contributed by atoms with Gasteiger partial charge in [-0.15, -0.1) is 10.2 Å². The number of hydrogen-bond acceptors (Lipinski definition) is 8. The van der Waals surface area contributed by atoms with Crippen molar-refractivity contribution >= 4 is 39.2 Å². The maximum absolute atomic E-state index is 13.0. The second-order valence-corrected chi connectivity index (χ2v) is 10.7. The van der Waals surface area contributed by atoms with E-state index < -0.39 is 21.1 Å². The number of nitrogens with zero attached hydrogens (tertiary/aromatic N) is 3. The second kappa shape index (κ2) is 12.0. The van der Waals surface area contributed by atoms with Gasteiger partial charge >= 0.3 is 5.97 Å². The number of carbonyl (C=O) groups is 2. The quantitative estimate of drug-likeness (QED) is 0.300. The summed E-state index contributed by atoms with van der Waals surface area (Å²) in [4.78, 5) is 25.2. The Bertz CT molecular complexity index is 1280. The molecule has 1 amide bonds. The topological polar surface area (TPSA) is 120 Å². The Hall–Kier alpha value is -3.18. The number of benzene rings is 2. The van der Waals surface area contributed by atoms with Crippen LogP contribution in [0.2, 0.25) is 0 Å². The van der Waals surface area contributed by atoms with Gasteiger partial charge in [-0.25, -0.2) is 13.2 Å². The summed E-state index contributed by atoms with van der Waals surface area (Å²) < 4.78 is 32.3. The summed E-state index contributed by atoms with van der Waals surface area (Å²) in [6, 6.07) is 14.7. The molecule has 1 aromatic heterocycles. The van der Waals surface area contributed by atoms with Crippen LogP contribution in [0.25, 0.3) is 0 Å². The molecule has 1 N–H and O–H groups in total. The van der Waals surface area contributed by atoms with Gasteiger partial charge in [-0.2, -0.15) is 0 Å². The summed E-state index contributed by atoms with van der Waals surface area (Å²) in [6.45, 7) is 6.18. The smallest absolute Gasteiger partial charge is 0.338 e. The van der Waals surface area contributed by atoms with Crippen LogP contribution in [0.15, 0.2) is 64.6 Å². The number of carbonyl (C=O) groups excluding carboxylic acids is 2. The van der Waals surface area contributed by atoms with E-state index in [2.05, 4.69) is 15.5 Å². The minimum Gasteiger partial charge on any atom is -0.462 e. The van der Waals surface area contributed by atoms with Crippen LogP contribution in [-0.2, 0) is 31.7 Å². The van der Waals surface area contributed by atoms with E-state index in [0.29, 0.717) is 35.2 Å². The third-order valence-corrected chi connectivity index (χ3v) is 8.06. The lowest BCUT2D eigenvalue weighted by Crippen LogP contribution is -2.25. The molecular weight excluding hydrogens is 488 g/mol. The van der Waals surface area contributed by atoms with Crippen LogP contribution >= 0.6 is 11.8 Å². The van der Waals surface area contributed by atoms with E-state index in [-0.39, 0.29) is 23.2 Å². The van der Waals surface area contributed by atoms with Crippen LogP contribution in [0.5, 0.6) is 0 Å². The largest absolute Gasteiger partial charge is 0.462 e. The number of aromatic nitrogens is 3. The Labute approximate surface area is 209 Å². The Morgan fingerprint density at radius 3 is 2.46 bits per heavy atom. The predicted octanol–water partition coefficient (Wildman–Crippen LogP) is 3.96. The summed E-state index contributed by atoms with van der Waals surface area (Å²) in [6.07, 6.45) is 0.502. The molecule has 0 aliphatic rings. The molecule has 186 valence electrons. The van der Waals surface area contributed by atoms with Crippen molar-refractivity contribution in [2.45, 2.75) is 54.8 Å².